The summed E-state index contributed by atoms with van der Waals surface area (Å²) >= 11 is 0. The van der Waals surface area contributed by atoms with Crippen molar-refractivity contribution in [3.05, 3.63) is 83.6 Å². The zero-order valence-electron chi connectivity index (χ0n) is 16.3. The predicted molar refractivity (Wildman–Crippen MR) is 111 cm³/mol. The van der Waals surface area contributed by atoms with Crippen molar-refractivity contribution in [2.45, 2.75) is 31.6 Å². The number of nitrogens with two attached hydrogens (primary N) is 1. The Balaban J connectivity index is 1.43. The van der Waals surface area contributed by atoms with E-state index in [0.29, 0.717) is 25.1 Å². The number of hydrogen-bond acceptors (Lipinski definition) is 3. The van der Waals surface area contributed by atoms with E-state index < -0.39 is 5.91 Å². The molecule has 1 atom stereocenters. The van der Waals surface area contributed by atoms with Gasteiger partial charge in [-0.25, -0.2) is 4.79 Å². The lowest BCUT2D eigenvalue weighted by atomic mass is 9.93. The van der Waals surface area contributed by atoms with Gasteiger partial charge in [0.1, 0.15) is 12.0 Å². The Bertz CT molecular complexity index is 929. The second-order valence-electron chi connectivity index (χ2n) is 7.54. The van der Waals surface area contributed by atoms with Crippen LogP contribution in [-0.4, -0.2) is 34.8 Å². The monoisotopic (exact) mass is 391 g/mol. The lowest BCUT2D eigenvalue weighted by Crippen LogP contribution is -2.37. The summed E-state index contributed by atoms with van der Waals surface area (Å²) in [6.45, 7) is 1.20. The number of ether oxygens (including phenoxy) is 1. The molecule has 0 aromatic heterocycles. The highest BCUT2D eigenvalue weighted by molar-refractivity contribution is 5.94. The van der Waals surface area contributed by atoms with Gasteiger partial charge in [0.05, 0.1) is 6.20 Å². The van der Waals surface area contributed by atoms with E-state index >= 15 is 0 Å². The third-order valence-corrected chi connectivity index (χ3v) is 5.57. The Hall–Kier alpha value is -3.28. The van der Waals surface area contributed by atoms with Crippen LogP contribution in [0.2, 0.25) is 0 Å². The SMILES string of the molecule is NC(=O)c1ccccc1C1CCN(C(=O)N2C=COC(CC3=CC=CCC3)=C2)C1. The van der Waals surface area contributed by atoms with Gasteiger partial charge in [-0.05, 0) is 30.9 Å². The number of likely N-dealkylation sites (tertiary alicyclic amines) is 1. The van der Waals surface area contributed by atoms with E-state index in [9.17, 15) is 9.59 Å². The largest absolute Gasteiger partial charge is 0.466 e. The van der Waals surface area contributed by atoms with Crippen molar-refractivity contribution in [2.75, 3.05) is 13.1 Å². The normalized spacial score (nSPS) is 20.9. The number of carbonyl (C=O) groups is 2. The van der Waals surface area contributed by atoms with E-state index in [1.807, 2.05) is 23.1 Å². The molecule has 6 nitrogen and oxygen atoms in total. The van der Waals surface area contributed by atoms with Crippen LogP contribution >= 0.6 is 0 Å². The van der Waals surface area contributed by atoms with Crippen LogP contribution in [0.5, 0.6) is 0 Å². The van der Waals surface area contributed by atoms with Crippen LogP contribution in [0.3, 0.4) is 0 Å². The van der Waals surface area contributed by atoms with Gasteiger partial charge in [0.15, 0.2) is 0 Å². The summed E-state index contributed by atoms with van der Waals surface area (Å²) in [5.41, 5.74) is 8.27. The Morgan fingerprint density at radius 1 is 1.24 bits per heavy atom. The third-order valence-electron chi connectivity index (χ3n) is 5.57. The smallest absolute Gasteiger partial charge is 0.328 e. The first-order chi connectivity index (χ1) is 14.1. The Kier molecular flexibility index (Phi) is 5.51. The Morgan fingerprint density at radius 2 is 2.10 bits per heavy atom. The van der Waals surface area contributed by atoms with E-state index in [-0.39, 0.29) is 11.9 Å². The molecular formula is C23H25N3O3. The van der Waals surface area contributed by atoms with Crippen LogP contribution in [0.25, 0.3) is 0 Å². The molecule has 1 aliphatic carbocycles. The molecule has 0 spiro atoms. The maximum Gasteiger partial charge on any atom is 0.328 e. The number of urea groups is 1. The highest BCUT2D eigenvalue weighted by atomic mass is 16.5. The predicted octanol–water partition coefficient (Wildman–Crippen LogP) is 4.01. The lowest BCUT2D eigenvalue weighted by molar-refractivity contribution is 0.0999. The minimum atomic E-state index is -0.430. The molecule has 1 fully saturated rings. The topological polar surface area (TPSA) is 75.9 Å². The van der Waals surface area contributed by atoms with E-state index in [0.717, 1.165) is 30.6 Å². The molecule has 4 rings (SSSR count). The molecule has 0 saturated carbocycles. The van der Waals surface area contributed by atoms with Crippen molar-refractivity contribution in [3.8, 4) is 0 Å². The Labute approximate surface area is 170 Å². The molecule has 1 aromatic carbocycles. The number of nitrogens with zero attached hydrogens (tertiary/aromatic N) is 2. The number of allylic oxidation sites excluding steroid dienone is 4. The maximum absolute atomic E-state index is 13.0. The minimum Gasteiger partial charge on any atom is -0.466 e. The summed E-state index contributed by atoms with van der Waals surface area (Å²) in [5, 5.41) is 0. The average Bonchev–Trinajstić information content (AvgIpc) is 3.24. The molecule has 0 bridgehead atoms. The highest BCUT2D eigenvalue weighted by Crippen LogP contribution is 2.31. The lowest BCUT2D eigenvalue weighted by Gasteiger charge is -2.26. The standard InChI is InChI=1S/C23H25N3O3/c24-22(27)21-9-5-4-8-20(21)18-10-11-25(15-18)23(28)26-12-13-29-19(16-26)14-17-6-2-1-3-7-17/h1-2,4-6,8-9,12-13,16,18H,3,7,10-11,14-15H2,(H2,24,27). The molecule has 1 saturated heterocycles. The molecule has 1 aromatic rings. The summed E-state index contributed by atoms with van der Waals surface area (Å²) in [7, 11) is 0. The Morgan fingerprint density at radius 3 is 2.90 bits per heavy atom. The van der Waals surface area contributed by atoms with Crippen molar-refractivity contribution in [1.29, 1.82) is 0 Å². The van der Waals surface area contributed by atoms with Crippen LogP contribution in [0.15, 0.2) is 72.5 Å². The number of hydrogen-bond donors (Lipinski definition) is 1. The molecule has 3 amide bonds. The number of carbonyl (C=O) groups excluding carboxylic acids is 2. The molecule has 0 radical (unpaired) electrons. The second kappa shape index (κ2) is 8.39. The van der Waals surface area contributed by atoms with Gasteiger partial charge in [-0.15, -0.1) is 0 Å². The van der Waals surface area contributed by atoms with Crippen molar-refractivity contribution in [1.82, 2.24) is 9.80 Å². The molecule has 150 valence electrons. The van der Waals surface area contributed by atoms with Gasteiger partial charge in [-0.1, -0.05) is 42.0 Å². The van der Waals surface area contributed by atoms with E-state index in [1.165, 1.54) is 5.57 Å². The number of amides is 3. The van der Waals surface area contributed by atoms with Gasteiger partial charge in [0.25, 0.3) is 0 Å². The summed E-state index contributed by atoms with van der Waals surface area (Å²) in [6, 6.07) is 7.30. The second-order valence-corrected chi connectivity index (χ2v) is 7.54. The van der Waals surface area contributed by atoms with E-state index in [4.69, 9.17) is 10.5 Å². The van der Waals surface area contributed by atoms with Crippen molar-refractivity contribution >= 4 is 11.9 Å². The minimum absolute atomic E-state index is 0.0846. The fourth-order valence-electron chi connectivity index (χ4n) is 4.07. The first-order valence-corrected chi connectivity index (χ1v) is 9.96. The van der Waals surface area contributed by atoms with Gasteiger partial charge in [-0.2, -0.15) is 0 Å². The molecule has 2 aliphatic heterocycles. The molecule has 1 unspecified atom stereocenters. The van der Waals surface area contributed by atoms with E-state index in [1.54, 1.807) is 29.6 Å². The highest BCUT2D eigenvalue weighted by Gasteiger charge is 2.31. The van der Waals surface area contributed by atoms with Crippen LogP contribution in [-0.2, 0) is 4.74 Å². The average molecular weight is 391 g/mol. The van der Waals surface area contributed by atoms with Gasteiger partial charge in [-0.3, -0.25) is 9.69 Å². The molecule has 2 heterocycles. The fourth-order valence-corrected chi connectivity index (χ4v) is 4.07. The van der Waals surface area contributed by atoms with E-state index in [2.05, 4.69) is 18.2 Å². The summed E-state index contributed by atoms with van der Waals surface area (Å²) < 4.78 is 5.61. The van der Waals surface area contributed by atoms with Crippen LogP contribution in [0, 0.1) is 0 Å². The summed E-state index contributed by atoms with van der Waals surface area (Å²) in [5.74, 6) is 0.438. The van der Waals surface area contributed by atoms with Crippen LogP contribution < -0.4 is 5.73 Å². The van der Waals surface area contributed by atoms with Crippen LogP contribution in [0.1, 0.15) is 47.5 Å². The fraction of sp³-hybridized carbons (Fsp3) is 0.304. The number of primary amides is 1. The van der Waals surface area contributed by atoms with Gasteiger partial charge >= 0.3 is 6.03 Å². The third kappa shape index (κ3) is 4.26. The zero-order chi connectivity index (χ0) is 20.2. The first kappa shape index (κ1) is 19.1. The van der Waals surface area contributed by atoms with Crippen molar-refractivity contribution < 1.29 is 14.3 Å². The molecule has 6 heteroatoms. The molecular weight excluding hydrogens is 366 g/mol. The van der Waals surface area contributed by atoms with Crippen LogP contribution in [0.4, 0.5) is 4.79 Å². The summed E-state index contributed by atoms with van der Waals surface area (Å²) in [4.78, 5) is 28.1. The molecule has 2 N–H and O–H groups in total. The summed E-state index contributed by atoms with van der Waals surface area (Å²) in [6.07, 6.45) is 14.9. The van der Waals surface area contributed by atoms with Crippen molar-refractivity contribution in [3.63, 3.8) is 0 Å². The quantitative estimate of drug-likeness (QED) is 0.843. The zero-order valence-corrected chi connectivity index (χ0v) is 16.3. The number of rotatable bonds is 4. The molecule has 29 heavy (non-hydrogen) atoms. The molecule has 3 aliphatic rings. The number of benzene rings is 1. The van der Waals surface area contributed by atoms with Gasteiger partial charge in [0.2, 0.25) is 5.91 Å². The van der Waals surface area contributed by atoms with Gasteiger partial charge < -0.3 is 15.4 Å². The maximum atomic E-state index is 13.0. The van der Waals surface area contributed by atoms with Gasteiger partial charge in [0, 0.05) is 37.2 Å². The first-order valence-electron chi connectivity index (χ1n) is 9.96. The van der Waals surface area contributed by atoms with Crippen molar-refractivity contribution in [2.24, 2.45) is 5.73 Å².